The fourth-order valence-corrected chi connectivity index (χ4v) is 2.43. The summed E-state index contributed by atoms with van der Waals surface area (Å²) in [6.07, 6.45) is 0. The van der Waals surface area contributed by atoms with Crippen LogP contribution in [0.3, 0.4) is 0 Å². The van der Waals surface area contributed by atoms with Crippen LogP contribution in [-0.2, 0) is 9.53 Å². The lowest BCUT2D eigenvalue weighted by atomic mass is 10.2. The molecule has 7 nitrogen and oxygen atoms in total. The number of nitrogens with zero attached hydrogens (tertiary/aromatic N) is 1. The Morgan fingerprint density at radius 2 is 2.32 bits per heavy atom. The van der Waals surface area contributed by atoms with Gasteiger partial charge in [0.05, 0.1) is 23.9 Å². The second kappa shape index (κ2) is 7.86. The molecular weight excluding hydrogens is 308 g/mol. The first-order valence-electron chi connectivity index (χ1n) is 6.95. The summed E-state index contributed by atoms with van der Waals surface area (Å²) < 4.78 is 4.85. The fraction of sp³-hybridized carbons (Fsp3) is 0.429. The Labute approximate surface area is 133 Å². The number of ether oxygens (including phenoxy) is 1. The molecule has 3 N–H and O–H groups in total. The normalized spacial score (nSPS) is 14.5. The molecule has 0 radical (unpaired) electrons. The average molecular weight is 327 g/mol. The van der Waals surface area contributed by atoms with E-state index in [9.17, 15) is 9.59 Å². The largest absolute Gasteiger partial charge is 0.383 e. The van der Waals surface area contributed by atoms with Crippen LogP contribution in [0.1, 0.15) is 0 Å². The van der Waals surface area contributed by atoms with Gasteiger partial charge in [0.2, 0.25) is 5.91 Å². The van der Waals surface area contributed by atoms with Gasteiger partial charge in [0, 0.05) is 32.4 Å². The highest BCUT2D eigenvalue weighted by atomic mass is 35.5. The first kappa shape index (κ1) is 16.4. The number of halogens is 1. The molecule has 8 heteroatoms. The van der Waals surface area contributed by atoms with Gasteiger partial charge in [-0.25, -0.2) is 4.79 Å². The van der Waals surface area contributed by atoms with Crippen LogP contribution in [0.15, 0.2) is 18.2 Å². The average Bonchev–Trinajstić information content (AvgIpc) is 2.47. The molecule has 22 heavy (non-hydrogen) atoms. The van der Waals surface area contributed by atoms with Crippen LogP contribution in [0, 0.1) is 0 Å². The molecule has 0 aromatic heterocycles. The highest BCUT2D eigenvalue weighted by Crippen LogP contribution is 2.29. The maximum absolute atomic E-state index is 11.6. The number of carbonyl (C=O) groups is 2. The molecule has 2 rings (SSSR count). The van der Waals surface area contributed by atoms with Crippen molar-refractivity contribution in [1.29, 1.82) is 0 Å². The number of piperazine rings is 1. The number of methoxy groups -OCH3 is 1. The number of anilines is 2. The molecular formula is C14H19ClN4O3. The number of benzene rings is 1. The van der Waals surface area contributed by atoms with E-state index in [4.69, 9.17) is 16.3 Å². The molecule has 0 unspecified atom stereocenters. The lowest BCUT2D eigenvalue weighted by Crippen LogP contribution is -2.47. The minimum Gasteiger partial charge on any atom is -0.383 e. The predicted octanol–water partition coefficient (Wildman–Crippen LogP) is 1.04. The Bertz CT molecular complexity index is 553. The SMILES string of the molecule is COCCNC(=O)Nc1ccc(N2CCNC(=O)C2)c(Cl)c1. The van der Waals surface area contributed by atoms with Crippen molar-refractivity contribution in [2.24, 2.45) is 0 Å². The van der Waals surface area contributed by atoms with E-state index in [1.165, 1.54) is 0 Å². The van der Waals surface area contributed by atoms with Crippen LogP contribution < -0.4 is 20.9 Å². The number of rotatable bonds is 5. The van der Waals surface area contributed by atoms with Gasteiger partial charge in [-0.05, 0) is 18.2 Å². The molecule has 1 saturated heterocycles. The fourth-order valence-electron chi connectivity index (χ4n) is 2.13. The summed E-state index contributed by atoms with van der Waals surface area (Å²) >= 11 is 6.26. The maximum atomic E-state index is 11.6. The van der Waals surface area contributed by atoms with Gasteiger partial charge in [0.25, 0.3) is 0 Å². The lowest BCUT2D eigenvalue weighted by molar-refractivity contribution is -0.120. The maximum Gasteiger partial charge on any atom is 0.319 e. The quantitative estimate of drug-likeness (QED) is 0.706. The molecule has 0 bridgehead atoms. The van der Waals surface area contributed by atoms with Crippen LogP contribution in [0.2, 0.25) is 5.02 Å². The van der Waals surface area contributed by atoms with Crippen LogP contribution >= 0.6 is 11.6 Å². The standard InChI is InChI=1S/C14H19ClN4O3/c1-22-7-5-17-14(21)18-10-2-3-12(11(15)8-10)19-6-4-16-13(20)9-19/h2-3,8H,4-7,9H2,1H3,(H,16,20)(H2,17,18,21). The van der Waals surface area contributed by atoms with Crippen molar-refractivity contribution in [2.75, 3.05) is 50.1 Å². The Hall–Kier alpha value is -1.99. The number of carbonyl (C=O) groups excluding carboxylic acids is 2. The number of nitrogens with one attached hydrogen (secondary N) is 3. The number of amides is 3. The van der Waals surface area contributed by atoms with E-state index in [1.807, 2.05) is 4.90 Å². The van der Waals surface area contributed by atoms with Crippen molar-refractivity contribution in [3.63, 3.8) is 0 Å². The van der Waals surface area contributed by atoms with Crippen molar-refractivity contribution in [3.8, 4) is 0 Å². The summed E-state index contributed by atoms with van der Waals surface area (Å²) in [5.74, 6) is -0.0259. The van der Waals surface area contributed by atoms with E-state index < -0.39 is 0 Å². The molecule has 0 atom stereocenters. The highest BCUT2D eigenvalue weighted by molar-refractivity contribution is 6.33. The zero-order valence-corrected chi connectivity index (χ0v) is 13.1. The number of hydrogen-bond acceptors (Lipinski definition) is 4. The Kier molecular flexibility index (Phi) is 5.85. The topological polar surface area (TPSA) is 82.7 Å². The van der Waals surface area contributed by atoms with E-state index in [-0.39, 0.29) is 18.5 Å². The summed E-state index contributed by atoms with van der Waals surface area (Å²) in [6, 6.07) is 4.90. The van der Waals surface area contributed by atoms with Gasteiger partial charge in [-0.15, -0.1) is 0 Å². The third kappa shape index (κ3) is 4.51. The van der Waals surface area contributed by atoms with Gasteiger partial charge in [-0.2, -0.15) is 0 Å². The van der Waals surface area contributed by atoms with E-state index >= 15 is 0 Å². The van der Waals surface area contributed by atoms with Crippen LogP contribution in [-0.4, -0.2) is 51.8 Å². The van der Waals surface area contributed by atoms with Crippen LogP contribution in [0.4, 0.5) is 16.2 Å². The minimum atomic E-state index is -0.321. The van der Waals surface area contributed by atoms with Gasteiger partial charge in [-0.1, -0.05) is 11.6 Å². The van der Waals surface area contributed by atoms with E-state index in [0.717, 1.165) is 5.69 Å². The number of hydrogen-bond donors (Lipinski definition) is 3. The molecule has 1 aromatic carbocycles. The number of urea groups is 1. The van der Waals surface area contributed by atoms with Gasteiger partial charge in [0.1, 0.15) is 0 Å². The van der Waals surface area contributed by atoms with E-state index in [2.05, 4.69) is 16.0 Å². The van der Waals surface area contributed by atoms with Crippen molar-refractivity contribution in [2.45, 2.75) is 0 Å². The molecule has 0 spiro atoms. The third-order valence-corrected chi connectivity index (χ3v) is 3.48. The minimum absolute atomic E-state index is 0.0259. The second-order valence-corrected chi connectivity index (χ2v) is 5.22. The molecule has 1 heterocycles. The summed E-state index contributed by atoms with van der Waals surface area (Å²) in [4.78, 5) is 25.0. The van der Waals surface area contributed by atoms with Gasteiger partial charge >= 0.3 is 6.03 Å². The Balaban J connectivity index is 1.97. The Morgan fingerprint density at radius 1 is 1.50 bits per heavy atom. The summed E-state index contributed by atoms with van der Waals surface area (Å²) in [5, 5.41) is 8.60. The second-order valence-electron chi connectivity index (χ2n) is 4.81. The first-order chi connectivity index (χ1) is 10.6. The summed E-state index contributed by atoms with van der Waals surface area (Å²) in [6.45, 7) is 2.46. The monoisotopic (exact) mass is 326 g/mol. The summed E-state index contributed by atoms with van der Waals surface area (Å²) in [7, 11) is 1.57. The van der Waals surface area contributed by atoms with Gasteiger partial charge < -0.3 is 25.6 Å². The van der Waals surface area contributed by atoms with E-state index in [0.29, 0.717) is 37.0 Å². The molecule has 0 saturated carbocycles. The molecule has 0 aliphatic carbocycles. The van der Waals surface area contributed by atoms with Crippen molar-refractivity contribution < 1.29 is 14.3 Å². The molecule has 120 valence electrons. The molecule has 1 aromatic rings. The third-order valence-electron chi connectivity index (χ3n) is 3.18. The predicted molar refractivity (Wildman–Crippen MR) is 85.6 cm³/mol. The van der Waals surface area contributed by atoms with Crippen molar-refractivity contribution in [3.05, 3.63) is 23.2 Å². The van der Waals surface area contributed by atoms with E-state index in [1.54, 1.807) is 25.3 Å². The highest BCUT2D eigenvalue weighted by Gasteiger charge is 2.18. The Morgan fingerprint density at radius 3 is 3.00 bits per heavy atom. The van der Waals surface area contributed by atoms with Gasteiger partial charge in [-0.3, -0.25) is 4.79 Å². The molecule has 1 aliphatic heterocycles. The molecule has 1 aliphatic rings. The van der Waals surface area contributed by atoms with Crippen LogP contribution in [0.25, 0.3) is 0 Å². The van der Waals surface area contributed by atoms with Crippen molar-refractivity contribution >= 4 is 34.9 Å². The zero-order chi connectivity index (χ0) is 15.9. The zero-order valence-electron chi connectivity index (χ0n) is 12.3. The van der Waals surface area contributed by atoms with Crippen LogP contribution in [0.5, 0.6) is 0 Å². The molecule has 1 fully saturated rings. The molecule has 3 amide bonds. The van der Waals surface area contributed by atoms with Gasteiger partial charge in [0.15, 0.2) is 0 Å². The first-order valence-corrected chi connectivity index (χ1v) is 7.33. The lowest BCUT2D eigenvalue weighted by Gasteiger charge is -2.29. The smallest absolute Gasteiger partial charge is 0.319 e. The summed E-state index contributed by atoms with van der Waals surface area (Å²) in [5.41, 5.74) is 1.37. The van der Waals surface area contributed by atoms with Crippen molar-refractivity contribution in [1.82, 2.24) is 10.6 Å².